The molecule has 0 aromatic heterocycles. The molecule has 1 N–H and O–H groups in total. The third-order valence-corrected chi connectivity index (χ3v) is 0.258. The lowest BCUT2D eigenvalue weighted by atomic mass is 11.0. The molecule has 7 heavy (non-hydrogen) atoms. The van der Waals surface area contributed by atoms with Crippen molar-refractivity contribution in [2.24, 2.45) is 0 Å². The molecule has 0 aliphatic rings. The highest BCUT2D eigenvalue weighted by molar-refractivity contribution is 7.71. The molecule has 0 radical (unpaired) electrons. The Morgan fingerprint density at radius 1 is 1.43 bits per heavy atom. The van der Waals surface area contributed by atoms with Gasteiger partial charge in [-0.15, -0.1) is 0 Å². The molecular formula is C3H8O3S. The molecule has 0 saturated heterocycles. The molecule has 0 saturated carbocycles. The first-order valence-corrected chi connectivity index (χ1v) is 2.97. The van der Waals surface area contributed by atoms with Crippen molar-refractivity contribution in [3.63, 3.8) is 0 Å². The second-order valence-electron chi connectivity index (χ2n) is 0.366. The van der Waals surface area contributed by atoms with Crippen LogP contribution in [0.25, 0.3) is 0 Å². The molecule has 0 unspecified atom stereocenters. The average molecular weight is 124 g/mol. The van der Waals surface area contributed by atoms with Gasteiger partial charge in [-0.1, -0.05) is 13.8 Å². The Bertz CT molecular complexity index is 113. The Morgan fingerprint density at radius 2 is 1.57 bits per heavy atom. The molecular weight excluding hydrogens is 116 g/mol. The first-order chi connectivity index (χ1) is 3.27. The zero-order valence-electron chi connectivity index (χ0n) is 4.25. The van der Waals surface area contributed by atoms with E-state index in [9.17, 15) is 0 Å². The van der Waals surface area contributed by atoms with Crippen LogP contribution in [0.2, 0.25) is 0 Å². The number of aliphatic hydroxyl groups excluding tert-OH is 1. The molecule has 0 heterocycles. The molecule has 0 amide bonds. The van der Waals surface area contributed by atoms with E-state index in [1.807, 2.05) is 13.8 Å². The topological polar surface area (TPSA) is 54.4 Å². The first-order valence-electron chi connectivity index (χ1n) is 1.83. The van der Waals surface area contributed by atoms with Gasteiger partial charge in [0, 0.05) is 0 Å². The van der Waals surface area contributed by atoms with Gasteiger partial charge in [0.1, 0.15) is 0 Å². The highest BCUT2D eigenvalue weighted by Gasteiger charge is 1.48. The summed E-state index contributed by atoms with van der Waals surface area (Å²) >= 11 is 0. The Hall–Kier alpha value is -0.350. The zero-order valence-corrected chi connectivity index (χ0v) is 5.07. The van der Waals surface area contributed by atoms with Gasteiger partial charge in [0.2, 0.25) is 10.3 Å². The van der Waals surface area contributed by atoms with Crippen molar-refractivity contribution in [2.45, 2.75) is 13.8 Å². The van der Waals surface area contributed by atoms with Crippen LogP contribution in [-0.4, -0.2) is 19.1 Å². The quantitative estimate of drug-likeness (QED) is 0.469. The van der Waals surface area contributed by atoms with E-state index in [1.165, 1.54) is 0 Å². The summed E-state index contributed by atoms with van der Waals surface area (Å²) in [5.74, 6) is 0. The van der Waals surface area contributed by atoms with Crippen LogP contribution in [0.3, 0.4) is 0 Å². The maximum atomic E-state index is 9.06. The second kappa shape index (κ2) is 9.17. The van der Waals surface area contributed by atoms with Crippen molar-refractivity contribution < 1.29 is 13.5 Å². The third kappa shape index (κ3) is 27.6. The fraction of sp³-hybridized carbons (Fsp3) is 0.667. The van der Waals surface area contributed by atoms with Gasteiger partial charge in [0.25, 0.3) is 0 Å². The predicted molar refractivity (Wildman–Crippen MR) is 29.0 cm³/mol. The van der Waals surface area contributed by atoms with Gasteiger partial charge in [0.15, 0.2) is 5.55 Å². The van der Waals surface area contributed by atoms with Gasteiger partial charge in [0.05, 0.1) is 0 Å². The van der Waals surface area contributed by atoms with Crippen LogP contribution in [0, 0.1) is 0 Å². The highest BCUT2D eigenvalue weighted by Crippen LogP contribution is 1.23. The fourth-order valence-corrected chi connectivity index (χ4v) is 0. The molecule has 4 heteroatoms. The minimum absolute atomic E-state index is 0.0833. The van der Waals surface area contributed by atoms with Gasteiger partial charge in [-0.05, 0) is 0 Å². The van der Waals surface area contributed by atoms with Crippen LogP contribution < -0.4 is 0 Å². The fourth-order valence-electron chi connectivity index (χ4n) is 0. The Balaban J connectivity index is 0. The molecule has 0 aromatic carbocycles. The van der Waals surface area contributed by atoms with Crippen molar-refractivity contribution in [1.29, 1.82) is 0 Å². The molecule has 0 bridgehead atoms. The summed E-state index contributed by atoms with van der Waals surface area (Å²) in [6, 6.07) is 0. The monoisotopic (exact) mass is 124 g/mol. The molecule has 0 rings (SSSR count). The second-order valence-corrected chi connectivity index (χ2v) is 1.10. The molecule has 0 spiro atoms. The lowest BCUT2D eigenvalue weighted by Gasteiger charge is -1.40. The van der Waals surface area contributed by atoms with E-state index in [2.05, 4.69) is 0 Å². The minimum atomic E-state index is -2.39. The third-order valence-electron chi connectivity index (χ3n) is 0.0861. The van der Waals surface area contributed by atoms with Gasteiger partial charge in [-0.2, -0.15) is 8.42 Å². The number of rotatable bonds is 0. The van der Waals surface area contributed by atoms with Crippen LogP contribution in [0.5, 0.6) is 0 Å². The normalized spacial score (nSPS) is 5.57. The van der Waals surface area contributed by atoms with Gasteiger partial charge >= 0.3 is 0 Å². The summed E-state index contributed by atoms with van der Waals surface area (Å²) in [4.78, 5) is 0. The summed E-state index contributed by atoms with van der Waals surface area (Å²) < 4.78 is 18.1. The van der Waals surface area contributed by atoms with Crippen LogP contribution in [0.1, 0.15) is 13.8 Å². The zero-order chi connectivity index (χ0) is 6.28. The van der Waals surface area contributed by atoms with Crippen LogP contribution in [-0.2, 0) is 10.3 Å². The van der Waals surface area contributed by atoms with Gasteiger partial charge in [-0.3, -0.25) is 0 Å². The van der Waals surface area contributed by atoms with Crippen LogP contribution in [0.15, 0.2) is 0 Å². The smallest absolute Gasteiger partial charge is 0.237 e. The molecule has 0 atom stereocenters. The van der Waals surface area contributed by atoms with E-state index in [1.54, 1.807) is 0 Å². The maximum Gasteiger partial charge on any atom is 0.237 e. The summed E-state index contributed by atoms with van der Waals surface area (Å²) in [6.07, 6.45) is 0. The van der Waals surface area contributed by atoms with Crippen molar-refractivity contribution in [3.8, 4) is 0 Å². The summed E-state index contributed by atoms with van der Waals surface area (Å²) in [6.45, 7) is 4.00. The summed E-state index contributed by atoms with van der Waals surface area (Å²) in [5.41, 5.74) is 0.0833. The molecule has 3 nitrogen and oxygen atoms in total. The van der Waals surface area contributed by atoms with Crippen molar-refractivity contribution in [2.75, 3.05) is 0 Å². The average Bonchev–Trinajstić information content (AvgIpc) is 1.73. The molecule has 0 aliphatic carbocycles. The number of hydrogen-bond acceptors (Lipinski definition) is 2. The lowest BCUT2D eigenvalue weighted by Crippen LogP contribution is -1.62. The summed E-state index contributed by atoms with van der Waals surface area (Å²) in [5, 5.41) is 7.41. The van der Waals surface area contributed by atoms with E-state index in [4.69, 9.17) is 13.5 Å². The van der Waals surface area contributed by atoms with Crippen LogP contribution >= 0.6 is 0 Å². The predicted octanol–water partition coefficient (Wildman–Crippen LogP) is 0.209. The van der Waals surface area contributed by atoms with E-state index >= 15 is 0 Å². The maximum absolute atomic E-state index is 9.06. The minimum Gasteiger partial charge on any atom is -0.354 e. The highest BCUT2D eigenvalue weighted by atomic mass is 32.2. The van der Waals surface area contributed by atoms with E-state index in [0.29, 0.717) is 0 Å². The van der Waals surface area contributed by atoms with Crippen molar-refractivity contribution >= 4 is 15.8 Å². The summed E-state index contributed by atoms with van der Waals surface area (Å²) in [7, 11) is -2.39. The van der Waals surface area contributed by atoms with Gasteiger partial charge in [-0.25, -0.2) is 0 Å². The Kier molecular flexibility index (Phi) is 12.9. The van der Waals surface area contributed by atoms with E-state index in [0.717, 1.165) is 0 Å². The van der Waals surface area contributed by atoms with Crippen LogP contribution in [0.4, 0.5) is 0 Å². The molecule has 0 fully saturated rings. The number of aliphatic hydroxyl groups is 1. The Labute approximate surface area is 44.1 Å². The SMILES string of the molecule is CC.O=S(=O)=CO. The molecule has 0 aromatic rings. The Morgan fingerprint density at radius 3 is 1.57 bits per heavy atom. The largest absolute Gasteiger partial charge is 0.354 e. The van der Waals surface area contributed by atoms with E-state index in [-0.39, 0.29) is 5.55 Å². The van der Waals surface area contributed by atoms with E-state index < -0.39 is 10.3 Å². The van der Waals surface area contributed by atoms with Crippen molar-refractivity contribution in [1.82, 2.24) is 0 Å². The number of hydrogen-bond donors (Lipinski definition) is 1. The molecule has 0 aliphatic heterocycles. The lowest BCUT2D eigenvalue weighted by molar-refractivity contribution is 0.581. The standard InChI is InChI=1S/C2H6.CH2O3S/c1-2;2-1-5(3)4/h1-2H3;1-2H. The molecule has 44 valence electrons. The van der Waals surface area contributed by atoms with Gasteiger partial charge < -0.3 is 5.11 Å². The van der Waals surface area contributed by atoms with Crippen molar-refractivity contribution in [3.05, 3.63) is 0 Å². The first kappa shape index (κ1) is 9.82.